The zero-order chi connectivity index (χ0) is 10.9. The molecule has 0 aliphatic heterocycles. The molecule has 1 N–H and O–H groups in total. The molecule has 0 atom stereocenters. The predicted molar refractivity (Wildman–Crippen MR) is 57.8 cm³/mol. The van der Waals surface area contributed by atoms with Gasteiger partial charge in [0.05, 0.1) is 12.3 Å². The van der Waals surface area contributed by atoms with Crippen LogP contribution in [0.4, 0.5) is 0 Å². The minimum atomic E-state index is 0.00782. The summed E-state index contributed by atoms with van der Waals surface area (Å²) in [6.45, 7) is 0.468. The summed E-state index contributed by atoms with van der Waals surface area (Å²) < 4.78 is 0. The van der Waals surface area contributed by atoms with Gasteiger partial charge < -0.3 is 5.11 Å². The lowest BCUT2D eigenvalue weighted by molar-refractivity contribution is 0.281. The highest BCUT2D eigenvalue weighted by atomic mass is 16.3. The van der Waals surface area contributed by atoms with Gasteiger partial charge >= 0.3 is 0 Å². The van der Waals surface area contributed by atoms with Crippen molar-refractivity contribution in [2.75, 3.05) is 6.54 Å². The highest BCUT2D eigenvalue weighted by molar-refractivity contribution is 5.44. The van der Waals surface area contributed by atoms with Crippen molar-refractivity contribution in [3.8, 4) is 0 Å². The van der Waals surface area contributed by atoms with E-state index in [9.17, 15) is 0 Å². The smallest absolute Gasteiger partial charge is 0.0696 e. The summed E-state index contributed by atoms with van der Waals surface area (Å²) in [5.74, 6) is 0. The quantitative estimate of drug-likeness (QED) is 0.345. The molecule has 78 valence electrons. The van der Waals surface area contributed by atoms with Crippen molar-refractivity contribution in [2.45, 2.75) is 13.0 Å². The van der Waals surface area contributed by atoms with Gasteiger partial charge in [-0.25, -0.2) is 0 Å². The van der Waals surface area contributed by atoms with Gasteiger partial charge in [-0.15, -0.1) is 0 Å². The fourth-order valence-corrected chi connectivity index (χ4v) is 1.01. The van der Waals surface area contributed by atoms with Crippen LogP contribution in [-0.2, 0) is 6.61 Å². The first kappa shape index (κ1) is 11.2. The van der Waals surface area contributed by atoms with Crippen molar-refractivity contribution < 1.29 is 5.11 Å². The molecule has 5 heteroatoms. The van der Waals surface area contributed by atoms with Crippen LogP contribution in [0.5, 0.6) is 0 Å². The average molecular weight is 204 g/mol. The zero-order valence-electron chi connectivity index (χ0n) is 8.24. The molecule has 1 aromatic rings. The Balaban J connectivity index is 2.46. The molecule has 0 aliphatic carbocycles. The SMILES string of the molecule is [N-]=[N+]=NCCC=Cc1ccc(CO)cn1. The number of rotatable bonds is 5. The molecule has 5 nitrogen and oxygen atoms in total. The van der Waals surface area contributed by atoms with Crippen LogP contribution in [0.15, 0.2) is 29.5 Å². The summed E-state index contributed by atoms with van der Waals surface area (Å²) in [5.41, 5.74) is 9.66. The van der Waals surface area contributed by atoms with Crippen molar-refractivity contribution in [2.24, 2.45) is 5.11 Å². The first-order valence-corrected chi connectivity index (χ1v) is 4.60. The van der Waals surface area contributed by atoms with Gasteiger partial charge in [0.25, 0.3) is 0 Å². The molecule has 0 fully saturated rings. The van der Waals surface area contributed by atoms with Crippen molar-refractivity contribution in [1.29, 1.82) is 0 Å². The molecule has 0 bridgehead atoms. The second-order valence-corrected chi connectivity index (χ2v) is 2.89. The molecule has 1 rings (SSSR count). The second kappa shape index (κ2) is 6.59. The summed E-state index contributed by atoms with van der Waals surface area (Å²) >= 11 is 0. The van der Waals surface area contributed by atoms with Crippen LogP contribution in [0.1, 0.15) is 17.7 Å². The molecule has 0 aromatic carbocycles. The van der Waals surface area contributed by atoms with E-state index < -0.39 is 0 Å². The highest BCUT2D eigenvalue weighted by Gasteiger charge is 1.90. The van der Waals surface area contributed by atoms with E-state index in [0.29, 0.717) is 13.0 Å². The monoisotopic (exact) mass is 204 g/mol. The summed E-state index contributed by atoms with van der Waals surface area (Å²) in [4.78, 5) is 6.77. The number of aromatic nitrogens is 1. The molecule has 1 heterocycles. The minimum Gasteiger partial charge on any atom is -0.392 e. The highest BCUT2D eigenvalue weighted by Crippen LogP contribution is 2.02. The molecule has 0 saturated carbocycles. The van der Waals surface area contributed by atoms with Gasteiger partial charge in [-0.2, -0.15) is 0 Å². The Morgan fingerprint density at radius 3 is 3.00 bits per heavy atom. The lowest BCUT2D eigenvalue weighted by Crippen LogP contribution is -1.86. The number of hydrogen-bond donors (Lipinski definition) is 1. The number of azide groups is 1. The van der Waals surface area contributed by atoms with Gasteiger partial charge in [0.2, 0.25) is 0 Å². The molecule has 15 heavy (non-hydrogen) atoms. The Hall–Kier alpha value is -1.84. The summed E-state index contributed by atoms with van der Waals surface area (Å²) in [5, 5.41) is 12.2. The predicted octanol–water partition coefficient (Wildman–Crippen LogP) is 2.29. The first-order chi connectivity index (χ1) is 7.36. The lowest BCUT2D eigenvalue weighted by Gasteiger charge is -1.95. The Bertz CT molecular complexity index is 366. The average Bonchev–Trinajstić information content (AvgIpc) is 2.30. The first-order valence-electron chi connectivity index (χ1n) is 4.60. The van der Waals surface area contributed by atoms with E-state index in [1.165, 1.54) is 0 Å². The normalized spacial score (nSPS) is 10.2. The largest absolute Gasteiger partial charge is 0.392 e. The van der Waals surface area contributed by atoms with Crippen LogP contribution in [0, 0.1) is 0 Å². The van der Waals surface area contributed by atoms with Crippen LogP contribution in [0.25, 0.3) is 16.5 Å². The lowest BCUT2D eigenvalue weighted by atomic mass is 10.2. The minimum absolute atomic E-state index is 0.00782. The van der Waals surface area contributed by atoms with Crippen molar-refractivity contribution in [3.05, 3.63) is 46.1 Å². The van der Waals surface area contributed by atoms with E-state index >= 15 is 0 Å². The van der Waals surface area contributed by atoms with Crippen LogP contribution in [0.3, 0.4) is 0 Å². The Labute approximate surface area is 87.7 Å². The Morgan fingerprint density at radius 1 is 1.53 bits per heavy atom. The van der Waals surface area contributed by atoms with Crippen LogP contribution >= 0.6 is 0 Å². The van der Waals surface area contributed by atoms with Gasteiger partial charge in [-0.05, 0) is 29.7 Å². The topological polar surface area (TPSA) is 81.9 Å². The van der Waals surface area contributed by atoms with Crippen molar-refractivity contribution >= 4 is 6.08 Å². The molecule has 0 amide bonds. The maximum atomic E-state index is 8.80. The summed E-state index contributed by atoms with van der Waals surface area (Å²) in [6.07, 6.45) is 6.09. The molecule has 1 aromatic heterocycles. The number of aliphatic hydroxyl groups is 1. The maximum absolute atomic E-state index is 8.80. The van der Waals surface area contributed by atoms with E-state index in [-0.39, 0.29) is 6.61 Å². The summed E-state index contributed by atoms with van der Waals surface area (Å²) in [7, 11) is 0. The second-order valence-electron chi connectivity index (χ2n) is 2.89. The van der Waals surface area contributed by atoms with E-state index in [1.807, 2.05) is 24.3 Å². The number of pyridine rings is 1. The van der Waals surface area contributed by atoms with Gasteiger partial charge in [0.1, 0.15) is 0 Å². The van der Waals surface area contributed by atoms with Gasteiger partial charge in [0, 0.05) is 17.7 Å². The van der Waals surface area contributed by atoms with Crippen LogP contribution in [0.2, 0.25) is 0 Å². The number of nitrogens with zero attached hydrogens (tertiary/aromatic N) is 4. The fraction of sp³-hybridized carbons (Fsp3) is 0.300. The van der Waals surface area contributed by atoms with Crippen LogP contribution in [-0.4, -0.2) is 16.6 Å². The molecule has 0 saturated heterocycles. The zero-order valence-corrected chi connectivity index (χ0v) is 8.24. The van der Waals surface area contributed by atoms with E-state index in [2.05, 4.69) is 15.0 Å². The Kier molecular flexibility index (Phi) is 4.94. The molecular formula is C10H12N4O. The van der Waals surface area contributed by atoms with Crippen LogP contribution < -0.4 is 0 Å². The standard InChI is InChI=1S/C10H12N4O/c11-14-13-6-2-1-3-10-5-4-9(8-15)7-12-10/h1,3-5,7,15H,2,6,8H2. The number of hydrogen-bond acceptors (Lipinski definition) is 3. The molecule has 0 unspecified atom stereocenters. The van der Waals surface area contributed by atoms with E-state index in [1.54, 1.807) is 6.20 Å². The van der Waals surface area contributed by atoms with Gasteiger partial charge in [-0.3, -0.25) is 4.98 Å². The van der Waals surface area contributed by atoms with E-state index in [0.717, 1.165) is 11.3 Å². The third kappa shape index (κ3) is 4.26. The number of aliphatic hydroxyl groups excluding tert-OH is 1. The molecule has 0 radical (unpaired) electrons. The van der Waals surface area contributed by atoms with Gasteiger partial charge in [0.15, 0.2) is 0 Å². The molecule has 0 aliphatic rings. The van der Waals surface area contributed by atoms with E-state index in [4.69, 9.17) is 10.6 Å². The third-order valence-corrected chi connectivity index (χ3v) is 1.78. The maximum Gasteiger partial charge on any atom is 0.0696 e. The molecule has 0 spiro atoms. The Morgan fingerprint density at radius 2 is 2.40 bits per heavy atom. The molecular weight excluding hydrogens is 192 g/mol. The van der Waals surface area contributed by atoms with Gasteiger partial charge in [-0.1, -0.05) is 17.3 Å². The third-order valence-electron chi connectivity index (χ3n) is 1.78. The van der Waals surface area contributed by atoms with Crippen molar-refractivity contribution in [1.82, 2.24) is 4.98 Å². The fourth-order valence-electron chi connectivity index (χ4n) is 1.01. The van der Waals surface area contributed by atoms with Crippen molar-refractivity contribution in [3.63, 3.8) is 0 Å². The summed E-state index contributed by atoms with van der Waals surface area (Å²) in [6, 6.07) is 3.65.